The van der Waals surface area contributed by atoms with E-state index in [0.29, 0.717) is 6.42 Å². The molecule has 1 aromatic carbocycles. The molecule has 0 aromatic heterocycles. The van der Waals surface area contributed by atoms with Gasteiger partial charge >= 0.3 is 0 Å². The first-order valence-corrected chi connectivity index (χ1v) is 7.32. The zero-order valence-electron chi connectivity index (χ0n) is 12.4. The first-order valence-electron chi connectivity index (χ1n) is 7.32. The summed E-state index contributed by atoms with van der Waals surface area (Å²) in [5.41, 5.74) is 2.08. The normalized spacial score (nSPS) is 12.1. The molecule has 0 amide bonds. The lowest BCUT2D eigenvalue weighted by Gasteiger charge is -2.03. The highest BCUT2D eigenvalue weighted by atomic mass is 19.1. The molecule has 0 bridgehead atoms. The van der Waals surface area contributed by atoms with Crippen LogP contribution in [0.3, 0.4) is 0 Å². The third kappa shape index (κ3) is 6.46. The molecule has 2 heteroatoms. The van der Waals surface area contributed by atoms with Crippen LogP contribution in [0.4, 0.5) is 4.39 Å². The molecule has 0 heterocycles. The van der Waals surface area contributed by atoms with Crippen molar-refractivity contribution in [2.24, 2.45) is 0 Å². The molecular formula is C18H23FO. The molecule has 0 N–H and O–H groups in total. The van der Waals surface area contributed by atoms with E-state index in [-0.39, 0.29) is 11.6 Å². The number of benzene rings is 1. The van der Waals surface area contributed by atoms with Crippen molar-refractivity contribution in [3.8, 4) is 0 Å². The molecule has 0 unspecified atom stereocenters. The molecule has 0 spiro atoms. The highest BCUT2D eigenvalue weighted by Crippen LogP contribution is 2.16. The van der Waals surface area contributed by atoms with Crippen molar-refractivity contribution in [3.05, 3.63) is 53.4 Å². The molecule has 1 aromatic rings. The Balaban J connectivity index is 2.82. The number of ketones is 1. The molecule has 1 rings (SSSR count). The fourth-order valence-corrected chi connectivity index (χ4v) is 1.87. The van der Waals surface area contributed by atoms with Gasteiger partial charge in [-0.25, -0.2) is 4.39 Å². The van der Waals surface area contributed by atoms with Gasteiger partial charge in [-0.15, -0.1) is 0 Å². The predicted octanol–water partition coefficient (Wildman–Crippen LogP) is 5.32. The number of carbonyl (C=O) groups excluding carboxylic acids is 1. The molecule has 0 saturated heterocycles. The van der Waals surface area contributed by atoms with Crippen LogP contribution >= 0.6 is 0 Å². The largest absolute Gasteiger partial charge is 0.295 e. The van der Waals surface area contributed by atoms with E-state index < -0.39 is 0 Å². The number of unbranched alkanes of at least 4 members (excludes halogenated alkanes) is 2. The van der Waals surface area contributed by atoms with Crippen LogP contribution in [-0.2, 0) is 4.79 Å². The summed E-state index contributed by atoms with van der Waals surface area (Å²) in [6.45, 7) is 4.02. The molecule has 0 aliphatic rings. The van der Waals surface area contributed by atoms with E-state index in [9.17, 15) is 9.18 Å². The van der Waals surface area contributed by atoms with Crippen molar-refractivity contribution in [1.29, 1.82) is 0 Å². The van der Waals surface area contributed by atoms with Crippen LogP contribution in [-0.4, -0.2) is 5.78 Å². The summed E-state index contributed by atoms with van der Waals surface area (Å²) in [6.07, 6.45) is 10.5. The summed E-state index contributed by atoms with van der Waals surface area (Å²) >= 11 is 0. The van der Waals surface area contributed by atoms with Gasteiger partial charge in [0, 0.05) is 6.42 Å². The molecule has 108 valence electrons. The van der Waals surface area contributed by atoms with Crippen molar-refractivity contribution in [2.75, 3.05) is 0 Å². The summed E-state index contributed by atoms with van der Waals surface area (Å²) in [5, 5.41) is 0. The summed E-state index contributed by atoms with van der Waals surface area (Å²) in [5.74, 6) is -0.100. The Bertz CT molecular complexity index is 469. The molecule has 0 atom stereocenters. The van der Waals surface area contributed by atoms with E-state index in [1.54, 1.807) is 18.2 Å². The lowest BCUT2D eigenvalue weighted by Crippen LogP contribution is -1.89. The lowest BCUT2D eigenvalue weighted by atomic mass is 10.0. The van der Waals surface area contributed by atoms with Gasteiger partial charge in [-0.05, 0) is 42.2 Å². The van der Waals surface area contributed by atoms with Crippen molar-refractivity contribution in [2.45, 2.75) is 46.0 Å². The Kier molecular flexibility index (Phi) is 7.56. The Morgan fingerprint density at radius 2 is 1.80 bits per heavy atom. The van der Waals surface area contributed by atoms with Gasteiger partial charge < -0.3 is 0 Å². The third-order valence-electron chi connectivity index (χ3n) is 3.12. The second kappa shape index (κ2) is 9.24. The number of hydrogen-bond acceptors (Lipinski definition) is 1. The van der Waals surface area contributed by atoms with E-state index in [2.05, 4.69) is 6.92 Å². The topological polar surface area (TPSA) is 17.1 Å². The second-order valence-corrected chi connectivity index (χ2v) is 4.88. The van der Waals surface area contributed by atoms with E-state index in [4.69, 9.17) is 0 Å². The zero-order valence-corrected chi connectivity index (χ0v) is 12.4. The third-order valence-corrected chi connectivity index (χ3v) is 3.12. The van der Waals surface area contributed by atoms with E-state index in [0.717, 1.165) is 24.0 Å². The SMILES string of the molecule is CCCCCC(/C=C/C(=O)CC)=C\c1ccc(F)cc1. The van der Waals surface area contributed by atoms with Crippen molar-refractivity contribution >= 4 is 11.9 Å². The summed E-state index contributed by atoms with van der Waals surface area (Å²) in [7, 11) is 0. The number of hydrogen-bond donors (Lipinski definition) is 0. The molecule has 0 saturated carbocycles. The Hall–Kier alpha value is -1.70. The van der Waals surface area contributed by atoms with Crippen molar-refractivity contribution < 1.29 is 9.18 Å². The molecule has 0 aliphatic heterocycles. The lowest BCUT2D eigenvalue weighted by molar-refractivity contribution is -0.114. The predicted molar refractivity (Wildman–Crippen MR) is 83.0 cm³/mol. The van der Waals surface area contributed by atoms with Gasteiger partial charge in [-0.2, -0.15) is 0 Å². The van der Waals surface area contributed by atoms with Crippen LogP contribution in [0.2, 0.25) is 0 Å². The van der Waals surface area contributed by atoms with Gasteiger partial charge in [-0.3, -0.25) is 4.79 Å². The Morgan fingerprint density at radius 3 is 2.40 bits per heavy atom. The van der Waals surface area contributed by atoms with Crippen LogP contribution in [0, 0.1) is 5.82 Å². The van der Waals surface area contributed by atoms with Crippen LogP contribution in [0.15, 0.2) is 42.0 Å². The summed E-state index contributed by atoms with van der Waals surface area (Å²) in [4.78, 5) is 11.4. The summed E-state index contributed by atoms with van der Waals surface area (Å²) < 4.78 is 12.9. The number of carbonyl (C=O) groups is 1. The number of allylic oxidation sites excluding steroid dienone is 3. The first-order chi connectivity index (χ1) is 9.65. The maximum atomic E-state index is 12.9. The van der Waals surface area contributed by atoms with Crippen LogP contribution in [0.25, 0.3) is 6.08 Å². The van der Waals surface area contributed by atoms with Crippen LogP contribution < -0.4 is 0 Å². The minimum Gasteiger partial charge on any atom is -0.295 e. The van der Waals surface area contributed by atoms with Gasteiger partial charge in [0.05, 0.1) is 0 Å². The molecule has 0 radical (unpaired) electrons. The standard InChI is InChI=1S/C18H23FO/c1-3-5-6-7-15(10-13-18(20)4-2)14-16-8-11-17(19)12-9-16/h8-14H,3-7H2,1-2H3/b13-10+,15-14+. The van der Waals surface area contributed by atoms with Crippen molar-refractivity contribution in [3.63, 3.8) is 0 Å². The second-order valence-electron chi connectivity index (χ2n) is 4.88. The minimum atomic E-state index is -0.230. The van der Waals surface area contributed by atoms with Gasteiger partial charge in [0.25, 0.3) is 0 Å². The molecule has 20 heavy (non-hydrogen) atoms. The highest BCUT2D eigenvalue weighted by molar-refractivity contribution is 5.90. The molecule has 0 aliphatic carbocycles. The van der Waals surface area contributed by atoms with Crippen molar-refractivity contribution in [1.82, 2.24) is 0 Å². The van der Waals surface area contributed by atoms with Gasteiger partial charge in [0.2, 0.25) is 0 Å². The fraction of sp³-hybridized carbons (Fsp3) is 0.389. The maximum Gasteiger partial charge on any atom is 0.155 e. The van der Waals surface area contributed by atoms with Gasteiger partial charge in [0.15, 0.2) is 5.78 Å². The van der Waals surface area contributed by atoms with E-state index in [1.807, 2.05) is 19.1 Å². The fourth-order valence-electron chi connectivity index (χ4n) is 1.87. The quantitative estimate of drug-likeness (QED) is 0.356. The van der Waals surface area contributed by atoms with Gasteiger partial charge in [0.1, 0.15) is 5.82 Å². The van der Waals surface area contributed by atoms with E-state index in [1.165, 1.54) is 25.0 Å². The van der Waals surface area contributed by atoms with Gasteiger partial charge in [-0.1, -0.05) is 51.0 Å². The highest BCUT2D eigenvalue weighted by Gasteiger charge is 1.98. The minimum absolute atomic E-state index is 0.130. The summed E-state index contributed by atoms with van der Waals surface area (Å²) in [6, 6.07) is 6.42. The Labute approximate surface area is 121 Å². The maximum absolute atomic E-state index is 12.9. The molecular weight excluding hydrogens is 251 g/mol. The van der Waals surface area contributed by atoms with Crippen LogP contribution in [0.1, 0.15) is 51.5 Å². The number of rotatable bonds is 8. The smallest absolute Gasteiger partial charge is 0.155 e. The number of halogens is 1. The first kappa shape index (κ1) is 16.4. The van der Waals surface area contributed by atoms with E-state index >= 15 is 0 Å². The average molecular weight is 274 g/mol. The molecule has 0 fully saturated rings. The Morgan fingerprint density at radius 1 is 1.10 bits per heavy atom. The zero-order chi connectivity index (χ0) is 14.8. The van der Waals surface area contributed by atoms with Crippen LogP contribution in [0.5, 0.6) is 0 Å². The molecule has 1 nitrogen and oxygen atoms in total. The monoisotopic (exact) mass is 274 g/mol. The average Bonchev–Trinajstić information content (AvgIpc) is 2.46.